The largest absolute Gasteiger partial charge is 0.365 e. The molecule has 0 radical (unpaired) electrons. The van der Waals surface area contributed by atoms with Crippen molar-refractivity contribution in [3.8, 4) is 17.3 Å². The molecule has 2 aromatic heterocycles. The third kappa shape index (κ3) is 4.45. The lowest BCUT2D eigenvalue weighted by Crippen LogP contribution is -2.36. The summed E-state index contributed by atoms with van der Waals surface area (Å²) in [5.74, 6) is -0.216. The van der Waals surface area contributed by atoms with Crippen molar-refractivity contribution in [1.29, 1.82) is 5.26 Å². The van der Waals surface area contributed by atoms with E-state index in [1.54, 1.807) is 29.2 Å². The minimum atomic E-state index is -0.216. The predicted octanol–water partition coefficient (Wildman–Crippen LogP) is 3.39. The SMILES string of the molecule is CNc1nc(C(=O)NC(C)Cn2ccc(-c3ccc(C#N)c(Cl)c3)n2)cs1. The third-order valence-electron chi connectivity index (χ3n) is 3.82. The molecule has 2 heterocycles. The van der Waals surface area contributed by atoms with E-state index in [1.807, 2.05) is 31.3 Å². The molecule has 0 aliphatic rings. The summed E-state index contributed by atoms with van der Waals surface area (Å²) in [6, 6.07) is 8.98. The Labute approximate surface area is 165 Å². The number of rotatable bonds is 6. The van der Waals surface area contributed by atoms with Crippen LogP contribution in [-0.4, -0.2) is 33.8 Å². The standard InChI is InChI=1S/C18H17ClN6OS/c1-11(22-17(26)16-10-27-18(21-2)23-16)9-25-6-5-15(24-25)12-3-4-13(8-20)14(19)7-12/h3-7,10-11H,9H2,1-2H3,(H,21,23)(H,22,26). The van der Waals surface area contributed by atoms with Crippen molar-refractivity contribution in [2.24, 2.45) is 0 Å². The molecule has 0 saturated carbocycles. The molecule has 138 valence electrons. The molecule has 0 bridgehead atoms. The van der Waals surface area contributed by atoms with Gasteiger partial charge in [0.25, 0.3) is 5.91 Å². The fraction of sp³-hybridized carbons (Fsp3) is 0.222. The van der Waals surface area contributed by atoms with Crippen LogP contribution in [0.3, 0.4) is 0 Å². The maximum Gasteiger partial charge on any atom is 0.271 e. The van der Waals surface area contributed by atoms with Crippen molar-refractivity contribution >= 4 is 34.0 Å². The molecule has 3 rings (SSSR count). The van der Waals surface area contributed by atoms with Crippen molar-refractivity contribution < 1.29 is 4.79 Å². The van der Waals surface area contributed by atoms with Gasteiger partial charge in [-0.05, 0) is 25.1 Å². The second kappa shape index (κ2) is 8.20. The van der Waals surface area contributed by atoms with Crippen LogP contribution < -0.4 is 10.6 Å². The van der Waals surface area contributed by atoms with Crippen LogP contribution in [0.5, 0.6) is 0 Å². The number of anilines is 1. The quantitative estimate of drug-likeness (QED) is 0.661. The summed E-state index contributed by atoms with van der Waals surface area (Å²) >= 11 is 7.47. The number of carbonyl (C=O) groups excluding carboxylic acids is 1. The Morgan fingerprint density at radius 1 is 1.44 bits per heavy atom. The van der Waals surface area contributed by atoms with Gasteiger partial charge < -0.3 is 10.6 Å². The van der Waals surface area contributed by atoms with Gasteiger partial charge in [0.2, 0.25) is 0 Å². The van der Waals surface area contributed by atoms with Crippen LogP contribution in [0, 0.1) is 11.3 Å². The maximum absolute atomic E-state index is 12.2. The number of hydrogen-bond acceptors (Lipinski definition) is 6. The normalized spacial score (nSPS) is 11.6. The lowest BCUT2D eigenvalue weighted by Gasteiger charge is -2.13. The fourth-order valence-electron chi connectivity index (χ4n) is 2.50. The molecule has 3 aromatic rings. The van der Waals surface area contributed by atoms with Crippen molar-refractivity contribution in [3.05, 3.63) is 52.1 Å². The Morgan fingerprint density at radius 3 is 2.93 bits per heavy atom. The van der Waals surface area contributed by atoms with Crippen LogP contribution in [0.25, 0.3) is 11.3 Å². The molecule has 1 unspecified atom stereocenters. The first kappa shape index (κ1) is 18.9. The first-order chi connectivity index (χ1) is 13.0. The Kier molecular flexibility index (Phi) is 5.74. The van der Waals surface area contributed by atoms with Crippen LogP contribution in [0.4, 0.5) is 5.13 Å². The number of amides is 1. The van der Waals surface area contributed by atoms with Gasteiger partial charge in [0.05, 0.1) is 22.8 Å². The molecule has 0 fully saturated rings. The number of nitriles is 1. The number of thiazole rings is 1. The van der Waals surface area contributed by atoms with E-state index >= 15 is 0 Å². The monoisotopic (exact) mass is 400 g/mol. The van der Waals surface area contributed by atoms with Gasteiger partial charge in [-0.25, -0.2) is 4.98 Å². The van der Waals surface area contributed by atoms with Gasteiger partial charge >= 0.3 is 0 Å². The molecule has 1 atom stereocenters. The Bertz CT molecular complexity index is 1010. The van der Waals surface area contributed by atoms with Crippen LogP contribution >= 0.6 is 22.9 Å². The number of benzene rings is 1. The predicted molar refractivity (Wildman–Crippen MR) is 106 cm³/mol. The van der Waals surface area contributed by atoms with Crippen molar-refractivity contribution in [2.75, 3.05) is 12.4 Å². The minimum absolute atomic E-state index is 0.130. The van der Waals surface area contributed by atoms with Gasteiger partial charge in [0.15, 0.2) is 5.13 Å². The Balaban J connectivity index is 1.64. The lowest BCUT2D eigenvalue weighted by molar-refractivity contribution is 0.0932. The number of hydrogen-bond donors (Lipinski definition) is 2. The number of nitrogens with one attached hydrogen (secondary N) is 2. The molecule has 0 saturated heterocycles. The smallest absolute Gasteiger partial charge is 0.271 e. The molecule has 27 heavy (non-hydrogen) atoms. The molecular formula is C18H17ClN6OS. The Hall–Kier alpha value is -2.89. The van der Waals surface area contributed by atoms with E-state index in [0.717, 1.165) is 11.3 Å². The van der Waals surface area contributed by atoms with Gasteiger partial charge in [-0.2, -0.15) is 10.4 Å². The van der Waals surface area contributed by atoms with Crippen molar-refractivity contribution in [2.45, 2.75) is 19.5 Å². The van der Waals surface area contributed by atoms with Gasteiger partial charge in [0.1, 0.15) is 11.8 Å². The summed E-state index contributed by atoms with van der Waals surface area (Å²) in [6.07, 6.45) is 1.84. The summed E-state index contributed by atoms with van der Waals surface area (Å²) in [4.78, 5) is 16.4. The van der Waals surface area contributed by atoms with Crippen LogP contribution in [0.15, 0.2) is 35.8 Å². The lowest BCUT2D eigenvalue weighted by atomic mass is 10.1. The molecule has 9 heteroatoms. The molecule has 1 amide bonds. The van der Waals surface area contributed by atoms with Crippen molar-refractivity contribution in [3.63, 3.8) is 0 Å². The molecule has 0 spiro atoms. The van der Waals surface area contributed by atoms with E-state index in [1.165, 1.54) is 11.3 Å². The molecule has 0 aliphatic carbocycles. The van der Waals surface area contributed by atoms with Gasteiger partial charge in [0, 0.05) is 30.2 Å². The summed E-state index contributed by atoms with van der Waals surface area (Å²) in [5, 5.41) is 22.1. The first-order valence-corrected chi connectivity index (χ1v) is 9.43. The van der Waals surface area contributed by atoms with Crippen LogP contribution in [-0.2, 0) is 6.54 Å². The zero-order valence-electron chi connectivity index (χ0n) is 14.7. The van der Waals surface area contributed by atoms with E-state index in [4.69, 9.17) is 16.9 Å². The minimum Gasteiger partial charge on any atom is -0.365 e. The first-order valence-electron chi connectivity index (χ1n) is 8.17. The van der Waals surface area contributed by atoms with E-state index in [0.29, 0.717) is 28.0 Å². The van der Waals surface area contributed by atoms with E-state index in [2.05, 4.69) is 20.7 Å². The maximum atomic E-state index is 12.2. The summed E-state index contributed by atoms with van der Waals surface area (Å²) in [6.45, 7) is 2.42. The molecule has 1 aromatic carbocycles. The van der Waals surface area contributed by atoms with Gasteiger partial charge in [-0.3, -0.25) is 9.48 Å². The summed E-state index contributed by atoms with van der Waals surface area (Å²) in [5.41, 5.74) is 2.40. The second-order valence-electron chi connectivity index (χ2n) is 5.89. The average Bonchev–Trinajstić information content (AvgIpc) is 3.30. The molecule has 7 nitrogen and oxygen atoms in total. The highest BCUT2D eigenvalue weighted by atomic mass is 35.5. The van der Waals surface area contributed by atoms with Gasteiger partial charge in [-0.15, -0.1) is 11.3 Å². The Morgan fingerprint density at radius 2 is 2.26 bits per heavy atom. The summed E-state index contributed by atoms with van der Waals surface area (Å²) in [7, 11) is 1.76. The van der Waals surface area contributed by atoms with Crippen molar-refractivity contribution in [1.82, 2.24) is 20.1 Å². The van der Waals surface area contributed by atoms with E-state index in [-0.39, 0.29) is 11.9 Å². The summed E-state index contributed by atoms with van der Waals surface area (Å²) < 4.78 is 1.76. The second-order valence-corrected chi connectivity index (χ2v) is 7.16. The average molecular weight is 401 g/mol. The van der Waals surface area contributed by atoms with Crippen LogP contribution in [0.1, 0.15) is 23.0 Å². The zero-order valence-corrected chi connectivity index (χ0v) is 16.3. The topological polar surface area (TPSA) is 95.6 Å². The van der Waals surface area contributed by atoms with Gasteiger partial charge in [-0.1, -0.05) is 17.7 Å². The number of nitrogens with zero attached hydrogens (tertiary/aromatic N) is 4. The number of aromatic nitrogens is 3. The zero-order chi connectivity index (χ0) is 19.4. The van der Waals surface area contributed by atoms with Crippen LogP contribution in [0.2, 0.25) is 5.02 Å². The number of carbonyl (C=O) groups is 1. The highest BCUT2D eigenvalue weighted by molar-refractivity contribution is 7.13. The molecule has 2 N–H and O–H groups in total. The molecular weight excluding hydrogens is 384 g/mol. The van der Waals surface area contributed by atoms with E-state index < -0.39 is 0 Å². The third-order valence-corrected chi connectivity index (χ3v) is 4.99. The molecule has 0 aliphatic heterocycles. The fourth-order valence-corrected chi connectivity index (χ4v) is 3.37. The van der Waals surface area contributed by atoms with E-state index in [9.17, 15) is 4.79 Å². The highest BCUT2D eigenvalue weighted by Crippen LogP contribution is 2.24. The highest BCUT2D eigenvalue weighted by Gasteiger charge is 2.14. The number of halogens is 1.